The van der Waals surface area contributed by atoms with E-state index in [1.807, 2.05) is 42.5 Å². The molecule has 25 heavy (non-hydrogen) atoms. The lowest BCUT2D eigenvalue weighted by Gasteiger charge is -2.07. The first-order valence-electron chi connectivity index (χ1n) is 7.99. The standard InChI is InChI=1S/C20H16N4O/c25-16-8-6-15(7-9-16)18-13-21-17-10-11-19(24-20(17)23-18)22-12-14-4-2-1-3-5-14/h1-11,13,25H,12H2,(H,22,23,24). The summed E-state index contributed by atoms with van der Waals surface area (Å²) < 4.78 is 0. The van der Waals surface area contributed by atoms with E-state index in [4.69, 9.17) is 0 Å². The van der Waals surface area contributed by atoms with Crippen LogP contribution in [0.3, 0.4) is 0 Å². The maximum atomic E-state index is 9.41. The van der Waals surface area contributed by atoms with Gasteiger partial charge in [0.05, 0.1) is 11.9 Å². The van der Waals surface area contributed by atoms with Gasteiger partial charge in [-0.2, -0.15) is 0 Å². The van der Waals surface area contributed by atoms with Crippen molar-refractivity contribution in [1.29, 1.82) is 0 Å². The van der Waals surface area contributed by atoms with Crippen molar-refractivity contribution in [2.75, 3.05) is 5.32 Å². The summed E-state index contributed by atoms with van der Waals surface area (Å²) in [5, 5.41) is 12.7. The van der Waals surface area contributed by atoms with E-state index < -0.39 is 0 Å². The summed E-state index contributed by atoms with van der Waals surface area (Å²) in [7, 11) is 0. The highest BCUT2D eigenvalue weighted by Gasteiger charge is 2.05. The van der Waals surface area contributed by atoms with Crippen molar-refractivity contribution in [1.82, 2.24) is 15.0 Å². The monoisotopic (exact) mass is 328 g/mol. The Kier molecular flexibility index (Phi) is 3.96. The molecule has 5 heteroatoms. The first-order chi connectivity index (χ1) is 12.3. The number of hydrogen-bond donors (Lipinski definition) is 2. The predicted molar refractivity (Wildman–Crippen MR) is 98.2 cm³/mol. The van der Waals surface area contributed by atoms with E-state index >= 15 is 0 Å². The minimum absolute atomic E-state index is 0.225. The highest BCUT2D eigenvalue weighted by Crippen LogP contribution is 2.21. The normalized spacial score (nSPS) is 10.7. The van der Waals surface area contributed by atoms with Crippen molar-refractivity contribution in [3.8, 4) is 17.0 Å². The molecule has 0 unspecified atom stereocenters. The molecule has 2 heterocycles. The minimum atomic E-state index is 0.225. The van der Waals surface area contributed by atoms with Gasteiger partial charge in [-0.25, -0.2) is 9.97 Å². The lowest BCUT2D eigenvalue weighted by atomic mass is 10.1. The van der Waals surface area contributed by atoms with Gasteiger partial charge >= 0.3 is 0 Å². The van der Waals surface area contributed by atoms with Crippen LogP contribution < -0.4 is 5.32 Å². The maximum absolute atomic E-state index is 9.41. The third-order valence-electron chi connectivity index (χ3n) is 3.89. The van der Waals surface area contributed by atoms with Gasteiger partial charge in [0.25, 0.3) is 0 Å². The second kappa shape index (κ2) is 6.57. The Hall–Kier alpha value is -3.47. The number of hydrogen-bond acceptors (Lipinski definition) is 5. The molecular weight excluding hydrogens is 312 g/mol. The van der Waals surface area contributed by atoms with Crippen molar-refractivity contribution in [3.05, 3.63) is 78.5 Å². The zero-order valence-corrected chi connectivity index (χ0v) is 13.4. The van der Waals surface area contributed by atoms with Gasteiger partial charge in [-0.1, -0.05) is 30.3 Å². The Balaban J connectivity index is 1.61. The van der Waals surface area contributed by atoms with E-state index in [1.54, 1.807) is 18.3 Å². The number of aromatic nitrogens is 3. The summed E-state index contributed by atoms with van der Waals surface area (Å²) in [5.41, 5.74) is 4.13. The molecule has 0 spiro atoms. The van der Waals surface area contributed by atoms with Gasteiger partial charge in [-0.3, -0.25) is 4.98 Å². The van der Waals surface area contributed by atoms with Crippen molar-refractivity contribution < 1.29 is 5.11 Å². The molecule has 0 aliphatic rings. The zero-order valence-electron chi connectivity index (χ0n) is 13.4. The molecule has 122 valence electrons. The molecule has 2 aromatic heterocycles. The van der Waals surface area contributed by atoms with Crippen LogP contribution in [0.4, 0.5) is 5.82 Å². The molecule has 0 saturated carbocycles. The third kappa shape index (κ3) is 3.40. The second-order valence-electron chi connectivity index (χ2n) is 5.68. The van der Waals surface area contributed by atoms with E-state index in [9.17, 15) is 5.11 Å². The quantitative estimate of drug-likeness (QED) is 0.592. The van der Waals surface area contributed by atoms with Gasteiger partial charge in [-0.15, -0.1) is 0 Å². The molecule has 0 atom stereocenters. The topological polar surface area (TPSA) is 70.9 Å². The first-order valence-corrected chi connectivity index (χ1v) is 7.99. The van der Waals surface area contributed by atoms with Crippen LogP contribution in [0, 0.1) is 0 Å². The zero-order chi connectivity index (χ0) is 17.1. The SMILES string of the molecule is Oc1ccc(-c2cnc3ccc(NCc4ccccc4)nc3n2)cc1. The molecule has 0 bridgehead atoms. The first kappa shape index (κ1) is 15.1. The number of phenols is 1. The number of aromatic hydroxyl groups is 1. The van der Waals surface area contributed by atoms with Gasteiger partial charge in [0.2, 0.25) is 0 Å². The molecule has 0 aliphatic heterocycles. The smallest absolute Gasteiger partial charge is 0.180 e. The lowest BCUT2D eigenvalue weighted by Crippen LogP contribution is -2.02. The number of anilines is 1. The van der Waals surface area contributed by atoms with Crippen LogP contribution in [0.2, 0.25) is 0 Å². The summed E-state index contributed by atoms with van der Waals surface area (Å²) in [6.07, 6.45) is 1.72. The fourth-order valence-electron chi connectivity index (χ4n) is 2.56. The summed E-state index contributed by atoms with van der Waals surface area (Å²) in [6, 6.07) is 20.8. The van der Waals surface area contributed by atoms with Gasteiger partial charge in [-0.05, 0) is 42.0 Å². The van der Waals surface area contributed by atoms with Crippen LogP contribution in [-0.2, 0) is 6.54 Å². The van der Waals surface area contributed by atoms with Crippen molar-refractivity contribution in [2.24, 2.45) is 0 Å². The summed E-state index contributed by atoms with van der Waals surface area (Å²) in [5.74, 6) is 0.983. The molecule has 0 aliphatic carbocycles. The highest BCUT2D eigenvalue weighted by molar-refractivity contribution is 5.75. The van der Waals surface area contributed by atoms with Gasteiger partial charge in [0.15, 0.2) is 5.65 Å². The maximum Gasteiger partial charge on any atom is 0.180 e. The van der Waals surface area contributed by atoms with E-state index in [0.29, 0.717) is 12.2 Å². The Bertz CT molecular complexity index is 1000. The van der Waals surface area contributed by atoms with Crippen LogP contribution in [0.25, 0.3) is 22.4 Å². The van der Waals surface area contributed by atoms with Crippen molar-refractivity contribution in [2.45, 2.75) is 6.54 Å². The number of nitrogens with one attached hydrogen (secondary N) is 1. The molecule has 0 amide bonds. The van der Waals surface area contributed by atoms with Gasteiger partial charge in [0, 0.05) is 12.1 Å². The number of phenolic OH excluding ortho intramolecular Hbond substituents is 1. The second-order valence-corrected chi connectivity index (χ2v) is 5.68. The average Bonchev–Trinajstić information content (AvgIpc) is 2.67. The molecule has 4 rings (SSSR count). The predicted octanol–water partition coefficient (Wildman–Crippen LogP) is 4.01. The minimum Gasteiger partial charge on any atom is -0.508 e. The number of benzene rings is 2. The van der Waals surface area contributed by atoms with Crippen LogP contribution in [0.1, 0.15) is 5.56 Å². The highest BCUT2D eigenvalue weighted by atomic mass is 16.3. The molecule has 2 aromatic carbocycles. The largest absolute Gasteiger partial charge is 0.508 e. The Morgan fingerprint density at radius 2 is 1.64 bits per heavy atom. The fourth-order valence-corrected chi connectivity index (χ4v) is 2.56. The fraction of sp³-hybridized carbons (Fsp3) is 0.0500. The molecule has 2 N–H and O–H groups in total. The van der Waals surface area contributed by atoms with Gasteiger partial charge in [0.1, 0.15) is 17.1 Å². The summed E-state index contributed by atoms with van der Waals surface area (Å²) in [4.78, 5) is 13.6. The van der Waals surface area contributed by atoms with E-state index in [1.165, 1.54) is 5.56 Å². The van der Waals surface area contributed by atoms with Crippen LogP contribution in [0.15, 0.2) is 72.9 Å². The number of rotatable bonds is 4. The number of fused-ring (bicyclic) bond motifs is 1. The van der Waals surface area contributed by atoms with Crippen molar-refractivity contribution in [3.63, 3.8) is 0 Å². The molecule has 0 saturated heterocycles. The molecule has 0 fully saturated rings. The molecule has 5 nitrogen and oxygen atoms in total. The van der Waals surface area contributed by atoms with Crippen LogP contribution in [-0.4, -0.2) is 20.1 Å². The summed E-state index contributed by atoms with van der Waals surface area (Å²) >= 11 is 0. The number of pyridine rings is 1. The molecular formula is C20H16N4O. The van der Waals surface area contributed by atoms with Gasteiger partial charge < -0.3 is 10.4 Å². The number of nitrogens with zero attached hydrogens (tertiary/aromatic N) is 3. The van der Waals surface area contributed by atoms with E-state index in [2.05, 4.69) is 32.4 Å². The average molecular weight is 328 g/mol. The van der Waals surface area contributed by atoms with E-state index in [-0.39, 0.29) is 5.75 Å². The van der Waals surface area contributed by atoms with E-state index in [0.717, 1.165) is 22.6 Å². The van der Waals surface area contributed by atoms with Crippen LogP contribution >= 0.6 is 0 Å². The Morgan fingerprint density at radius 1 is 0.840 bits per heavy atom. The van der Waals surface area contributed by atoms with Crippen molar-refractivity contribution >= 4 is 17.0 Å². The third-order valence-corrected chi connectivity index (χ3v) is 3.89. The van der Waals surface area contributed by atoms with Crippen LogP contribution in [0.5, 0.6) is 5.75 Å². The Labute approximate surface area is 145 Å². The molecule has 4 aromatic rings. The lowest BCUT2D eigenvalue weighted by molar-refractivity contribution is 0.475. The molecule has 0 radical (unpaired) electrons. The Morgan fingerprint density at radius 3 is 2.44 bits per heavy atom. The summed E-state index contributed by atoms with van der Waals surface area (Å²) in [6.45, 7) is 0.699.